The van der Waals surface area contributed by atoms with Gasteiger partial charge < -0.3 is 5.11 Å². The van der Waals surface area contributed by atoms with Gasteiger partial charge in [0.2, 0.25) is 0 Å². The first kappa shape index (κ1) is 10.2. The number of azide groups is 1. The molecular formula is C10H11N3O. The van der Waals surface area contributed by atoms with Crippen molar-refractivity contribution in [3.8, 4) is 5.75 Å². The van der Waals surface area contributed by atoms with Gasteiger partial charge in [-0.25, -0.2) is 0 Å². The fourth-order valence-corrected chi connectivity index (χ4v) is 1.06. The van der Waals surface area contributed by atoms with Crippen molar-refractivity contribution >= 4 is 6.08 Å². The largest absolute Gasteiger partial charge is 0.507 e. The lowest BCUT2D eigenvalue weighted by molar-refractivity contribution is 0.473. The first-order chi connectivity index (χ1) is 6.74. The molecular weight excluding hydrogens is 178 g/mol. The minimum absolute atomic E-state index is 0.238. The van der Waals surface area contributed by atoms with Crippen molar-refractivity contribution in [1.82, 2.24) is 0 Å². The average molecular weight is 189 g/mol. The summed E-state index contributed by atoms with van der Waals surface area (Å²) in [5.41, 5.74) is 9.76. The SMILES string of the molecule is Cc1ccc(C=CCN=[N+]=[N-])c(O)c1. The predicted molar refractivity (Wildman–Crippen MR) is 55.9 cm³/mol. The number of hydrogen-bond donors (Lipinski definition) is 1. The Morgan fingerprint density at radius 2 is 2.36 bits per heavy atom. The third kappa shape index (κ3) is 2.84. The molecule has 0 radical (unpaired) electrons. The average Bonchev–Trinajstić information content (AvgIpc) is 2.15. The Kier molecular flexibility index (Phi) is 3.58. The molecule has 0 heterocycles. The summed E-state index contributed by atoms with van der Waals surface area (Å²) in [5, 5.41) is 12.8. The second kappa shape index (κ2) is 4.94. The van der Waals surface area contributed by atoms with Crippen LogP contribution < -0.4 is 0 Å². The van der Waals surface area contributed by atoms with Gasteiger partial charge in [-0.05, 0) is 24.1 Å². The first-order valence-corrected chi connectivity index (χ1v) is 4.21. The van der Waals surface area contributed by atoms with Crippen LogP contribution in [-0.4, -0.2) is 11.7 Å². The number of benzene rings is 1. The standard InChI is InChI=1S/C10H11N3O/c1-8-4-5-9(10(14)7-8)3-2-6-12-13-11/h2-5,7,14H,6H2,1H3. The van der Waals surface area contributed by atoms with Crippen LogP contribution in [0.4, 0.5) is 0 Å². The predicted octanol–water partition coefficient (Wildman–Crippen LogP) is 3.02. The Labute approximate surface area is 82.1 Å². The summed E-state index contributed by atoms with van der Waals surface area (Å²) < 4.78 is 0. The van der Waals surface area contributed by atoms with E-state index in [0.717, 1.165) is 11.1 Å². The van der Waals surface area contributed by atoms with Gasteiger partial charge in [-0.3, -0.25) is 0 Å². The molecule has 0 saturated heterocycles. The highest BCUT2D eigenvalue weighted by atomic mass is 16.3. The fourth-order valence-electron chi connectivity index (χ4n) is 1.06. The van der Waals surface area contributed by atoms with E-state index in [0.29, 0.717) is 6.54 Å². The van der Waals surface area contributed by atoms with Gasteiger partial charge in [0.05, 0.1) is 0 Å². The Hall–Kier alpha value is -1.93. The van der Waals surface area contributed by atoms with Crippen LogP contribution in [0.2, 0.25) is 0 Å². The highest BCUT2D eigenvalue weighted by Gasteiger charge is 1.95. The summed E-state index contributed by atoms with van der Waals surface area (Å²) in [7, 11) is 0. The van der Waals surface area contributed by atoms with Crippen molar-refractivity contribution in [2.45, 2.75) is 6.92 Å². The molecule has 1 N–H and O–H groups in total. The number of rotatable bonds is 3. The van der Waals surface area contributed by atoms with Crippen LogP contribution in [0.1, 0.15) is 11.1 Å². The minimum atomic E-state index is 0.238. The molecule has 0 fully saturated rings. The Morgan fingerprint density at radius 3 is 3.00 bits per heavy atom. The van der Waals surface area contributed by atoms with Crippen LogP contribution in [0, 0.1) is 6.92 Å². The van der Waals surface area contributed by atoms with E-state index in [-0.39, 0.29) is 5.75 Å². The highest BCUT2D eigenvalue weighted by Crippen LogP contribution is 2.19. The topological polar surface area (TPSA) is 69.0 Å². The highest BCUT2D eigenvalue weighted by molar-refractivity contribution is 5.57. The lowest BCUT2D eigenvalue weighted by Crippen LogP contribution is -1.77. The smallest absolute Gasteiger partial charge is 0.123 e. The van der Waals surface area contributed by atoms with Gasteiger partial charge in [0.15, 0.2) is 0 Å². The number of nitrogens with zero attached hydrogens (tertiary/aromatic N) is 3. The van der Waals surface area contributed by atoms with Crippen molar-refractivity contribution in [2.75, 3.05) is 6.54 Å². The van der Waals surface area contributed by atoms with Crippen molar-refractivity contribution in [3.05, 3.63) is 45.8 Å². The van der Waals surface area contributed by atoms with E-state index in [1.54, 1.807) is 18.2 Å². The van der Waals surface area contributed by atoms with Crippen LogP contribution >= 0.6 is 0 Å². The number of phenols is 1. The van der Waals surface area contributed by atoms with Gasteiger partial charge in [0.1, 0.15) is 5.75 Å². The quantitative estimate of drug-likeness (QED) is 0.443. The molecule has 0 unspecified atom stereocenters. The molecule has 0 aromatic heterocycles. The maximum atomic E-state index is 9.49. The Balaban J connectivity index is 2.76. The van der Waals surface area contributed by atoms with Gasteiger partial charge in [-0.2, -0.15) is 0 Å². The van der Waals surface area contributed by atoms with Crippen LogP contribution in [0.15, 0.2) is 29.4 Å². The van der Waals surface area contributed by atoms with Crippen molar-refractivity contribution in [3.63, 3.8) is 0 Å². The van der Waals surface area contributed by atoms with E-state index >= 15 is 0 Å². The van der Waals surface area contributed by atoms with Crippen LogP contribution in [0.25, 0.3) is 16.5 Å². The normalized spacial score (nSPS) is 10.1. The number of aryl methyl sites for hydroxylation is 1. The summed E-state index contributed by atoms with van der Waals surface area (Å²) in [4.78, 5) is 2.61. The molecule has 1 aromatic rings. The summed E-state index contributed by atoms with van der Waals surface area (Å²) >= 11 is 0. The van der Waals surface area contributed by atoms with Crippen LogP contribution in [-0.2, 0) is 0 Å². The molecule has 0 aliphatic carbocycles. The lowest BCUT2D eigenvalue weighted by atomic mass is 10.1. The molecule has 1 rings (SSSR count). The zero-order valence-electron chi connectivity index (χ0n) is 7.88. The maximum Gasteiger partial charge on any atom is 0.123 e. The monoisotopic (exact) mass is 189 g/mol. The maximum absolute atomic E-state index is 9.49. The van der Waals surface area contributed by atoms with Gasteiger partial charge in [0, 0.05) is 17.0 Å². The minimum Gasteiger partial charge on any atom is -0.507 e. The van der Waals surface area contributed by atoms with E-state index < -0.39 is 0 Å². The molecule has 0 spiro atoms. The first-order valence-electron chi connectivity index (χ1n) is 4.21. The molecule has 72 valence electrons. The van der Waals surface area contributed by atoms with Crippen molar-refractivity contribution in [2.24, 2.45) is 5.11 Å². The fraction of sp³-hybridized carbons (Fsp3) is 0.200. The number of hydrogen-bond acceptors (Lipinski definition) is 2. The summed E-state index contributed by atoms with van der Waals surface area (Å²) in [6.45, 7) is 2.21. The zero-order chi connectivity index (χ0) is 10.4. The lowest BCUT2D eigenvalue weighted by Gasteiger charge is -1.99. The van der Waals surface area contributed by atoms with Crippen LogP contribution in [0.3, 0.4) is 0 Å². The molecule has 14 heavy (non-hydrogen) atoms. The van der Waals surface area contributed by atoms with Crippen molar-refractivity contribution < 1.29 is 5.11 Å². The zero-order valence-corrected chi connectivity index (χ0v) is 7.88. The van der Waals surface area contributed by atoms with Gasteiger partial charge in [-0.1, -0.05) is 29.4 Å². The second-order valence-corrected chi connectivity index (χ2v) is 2.88. The molecule has 4 heteroatoms. The Bertz CT molecular complexity index is 392. The summed E-state index contributed by atoms with van der Waals surface area (Å²) in [5.74, 6) is 0.238. The van der Waals surface area contributed by atoms with E-state index in [2.05, 4.69) is 10.0 Å². The third-order valence-electron chi connectivity index (χ3n) is 1.73. The van der Waals surface area contributed by atoms with Gasteiger partial charge >= 0.3 is 0 Å². The van der Waals surface area contributed by atoms with Gasteiger partial charge in [-0.15, -0.1) is 0 Å². The van der Waals surface area contributed by atoms with E-state index in [1.165, 1.54) is 0 Å². The molecule has 0 amide bonds. The van der Waals surface area contributed by atoms with Crippen molar-refractivity contribution in [1.29, 1.82) is 0 Å². The van der Waals surface area contributed by atoms with E-state index in [4.69, 9.17) is 5.53 Å². The molecule has 0 aliphatic heterocycles. The molecule has 0 atom stereocenters. The molecule has 1 aromatic carbocycles. The molecule has 0 aliphatic rings. The molecule has 4 nitrogen and oxygen atoms in total. The Morgan fingerprint density at radius 1 is 1.57 bits per heavy atom. The third-order valence-corrected chi connectivity index (χ3v) is 1.73. The van der Waals surface area contributed by atoms with E-state index in [1.807, 2.05) is 19.1 Å². The van der Waals surface area contributed by atoms with Gasteiger partial charge in [0.25, 0.3) is 0 Å². The second-order valence-electron chi connectivity index (χ2n) is 2.88. The number of aromatic hydroxyl groups is 1. The summed E-state index contributed by atoms with van der Waals surface area (Å²) in [6.07, 6.45) is 3.42. The summed E-state index contributed by atoms with van der Waals surface area (Å²) in [6, 6.07) is 5.41. The molecule has 0 saturated carbocycles. The molecule has 0 bridgehead atoms. The van der Waals surface area contributed by atoms with E-state index in [9.17, 15) is 5.11 Å². The number of phenolic OH excluding ortho intramolecular Hbond substituents is 1. The van der Waals surface area contributed by atoms with Crippen LogP contribution in [0.5, 0.6) is 5.75 Å².